The van der Waals surface area contributed by atoms with Crippen molar-refractivity contribution < 1.29 is 14.4 Å². The Bertz CT molecular complexity index is 1120. The number of fused-ring (bicyclic) bond motifs is 3. The number of rotatable bonds is 3. The second-order valence-electron chi connectivity index (χ2n) is 6.12. The molecule has 2 N–H and O–H groups in total. The Morgan fingerprint density at radius 2 is 1.56 bits per heavy atom. The molecule has 0 aliphatic carbocycles. The molecule has 0 atom stereocenters. The van der Waals surface area contributed by atoms with Gasteiger partial charge < -0.3 is 14.4 Å². The molecular formula is C20H18NO3P. The first-order valence-electron chi connectivity index (χ1n) is 8.17. The van der Waals surface area contributed by atoms with Crippen LogP contribution >= 0.6 is 7.60 Å². The molecule has 4 nitrogen and oxygen atoms in total. The van der Waals surface area contributed by atoms with Crippen molar-refractivity contribution in [1.29, 1.82) is 0 Å². The molecule has 0 aliphatic heterocycles. The molecule has 4 rings (SSSR count). The fraction of sp³-hybridized carbons (Fsp3) is 0.100. The quantitative estimate of drug-likeness (QED) is 0.545. The van der Waals surface area contributed by atoms with Gasteiger partial charge in [0.25, 0.3) is 0 Å². The van der Waals surface area contributed by atoms with Gasteiger partial charge in [0, 0.05) is 16.5 Å². The van der Waals surface area contributed by atoms with Crippen molar-refractivity contribution in [2.45, 2.75) is 13.3 Å². The van der Waals surface area contributed by atoms with Crippen LogP contribution in [-0.4, -0.2) is 14.4 Å². The van der Waals surface area contributed by atoms with Gasteiger partial charge in [-0.05, 0) is 48.4 Å². The largest absolute Gasteiger partial charge is 0.356 e. The minimum atomic E-state index is -4.23. The summed E-state index contributed by atoms with van der Waals surface area (Å²) in [6.45, 7) is 2.13. The monoisotopic (exact) mass is 351 g/mol. The summed E-state index contributed by atoms with van der Waals surface area (Å²) in [5.41, 5.74) is 4.32. The van der Waals surface area contributed by atoms with E-state index in [-0.39, 0.29) is 5.30 Å². The lowest BCUT2D eigenvalue weighted by atomic mass is 10.1. The van der Waals surface area contributed by atoms with Crippen LogP contribution in [0.4, 0.5) is 0 Å². The average molecular weight is 351 g/mol. The second-order valence-corrected chi connectivity index (χ2v) is 7.72. The van der Waals surface area contributed by atoms with Gasteiger partial charge in [-0.2, -0.15) is 0 Å². The minimum absolute atomic E-state index is 0.0336. The van der Waals surface area contributed by atoms with Gasteiger partial charge >= 0.3 is 7.60 Å². The van der Waals surface area contributed by atoms with E-state index in [1.165, 1.54) is 28.5 Å². The van der Waals surface area contributed by atoms with Crippen molar-refractivity contribution >= 4 is 34.7 Å². The molecule has 5 heteroatoms. The number of aryl methyl sites for hydroxylation is 1. The molecule has 0 aliphatic rings. The van der Waals surface area contributed by atoms with Crippen molar-refractivity contribution in [3.63, 3.8) is 0 Å². The summed E-state index contributed by atoms with van der Waals surface area (Å²) in [6.07, 6.45) is 0.953. The van der Waals surface area contributed by atoms with Crippen LogP contribution in [0.1, 0.15) is 12.5 Å². The lowest BCUT2D eigenvalue weighted by Gasteiger charge is -2.10. The molecule has 0 spiro atoms. The first kappa shape index (κ1) is 16.1. The van der Waals surface area contributed by atoms with Crippen molar-refractivity contribution in [3.8, 4) is 5.69 Å². The van der Waals surface area contributed by atoms with Gasteiger partial charge in [0.2, 0.25) is 0 Å². The maximum atomic E-state index is 11.4. The van der Waals surface area contributed by atoms with Crippen LogP contribution in [0.15, 0.2) is 66.7 Å². The molecule has 1 heterocycles. The molecular weight excluding hydrogens is 333 g/mol. The Hall–Kier alpha value is -2.39. The molecule has 0 unspecified atom stereocenters. The molecule has 0 saturated carbocycles. The normalized spacial score (nSPS) is 12.1. The van der Waals surface area contributed by atoms with Crippen molar-refractivity contribution in [1.82, 2.24) is 4.57 Å². The second kappa shape index (κ2) is 5.85. The fourth-order valence-corrected chi connectivity index (χ4v) is 3.85. The molecule has 0 fully saturated rings. The Kier molecular flexibility index (Phi) is 3.77. The molecule has 0 amide bonds. The standard InChI is InChI=1S/C20H18NO3P/c1-2-14-7-12-18-17-5-3-4-6-19(17)21(20(18)13-14)15-8-10-16(11-9-15)25(22,23)24/h3-13H,2H2,1H3,(H2,22,23,24). The van der Waals surface area contributed by atoms with E-state index in [1.807, 2.05) is 12.1 Å². The Balaban J connectivity index is 2.03. The van der Waals surface area contributed by atoms with E-state index in [2.05, 4.69) is 41.8 Å². The van der Waals surface area contributed by atoms with Gasteiger partial charge in [0.15, 0.2) is 0 Å². The molecule has 25 heavy (non-hydrogen) atoms. The third-order valence-electron chi connectivity index (χ3n) is 4.59. The molecule has 0 radical (unpaired) electrons. The van der Waals surface area contributed by atoms with E-state index in [4.69, 9.17) is 0 Å². The van der Waals surface area contributed by atoms with E-state index in [0.717, 1.165) is 23.1 Å². The van der Waals surface area contributed by atoms with E-state index in [0.29, 0.717) is 0 Å². The maximum absolute atomic E-state index is 11.4. The van der Waals surface area contributed by atoms with Crippen LogP contribution in [-0.2, 0) is 11.0 Å². The van der Waals surface area contributed by atoms with Gasteiger partial charge in [0.05, 0.1) is 16.3 Å². The molecule has 0 saturated heterocycles. The summed E-state index contributed by atoms with van der Waals surface area (Å²) in [6, 6.07) is 21.2. The number of benzene rings is 3. The zero-order chi connectivity index (χ0) is 17.6. The van der Waals surface area contributed by atoms with Gasteiger partial charge in [-0.15, -0.1) is 0 Å². The third-order valence-corrected chi connectivity index (χ3v) is 5.56. The molecule has 1 aromatic heterocycles. The first-order valence-corrected chi connectivity index (χ1v) is 9.79. The molecule has 0 bridgehead atoms. The average Bonchev–Trinajstić information content (AvgIpc) is 2.94. The summed E-state index contributed by atoms with van der Waals surface area (Å²) < 4.78 is 13.6. The SMILES string of the molecule is CCc1ccc2c3ccccc3n(-c3ccc(P(=O)(O)O)cc3)c2c1. The van der Waals surface area contributed by atoms with E-state index in [9.17, 15) is 14.4 Å². The zero-order valence-corrected chi connectivity index (χ0v) is 14.6. The fourth-order valence-electron chi connectivity index (χ4n) is 3.31. The van der Waals surface area contributed by atoms with Gasteiger partial charge in [0.1, 0.15) is 0 Å². The maximum Gasteiger partial charge on any atom is 0.356 e. The molecule has 4 aromatic rings. The number of hydrogen-bond donors (Lipinski definition) is 2. The minimum Gasteiger partial charge on any atom is -0.321 e. The van der Waals surface area contributed by atoms with Crippen LogP contribution in [0.3, 0.4) is 0 Å². The van der Waals surface area contributed by atoms with Gasteiger partial charge in [-0.1, -0.05) is 37.3 Å². The van der Waals surface area contributed by atoms with Crippen molar-refractivity contribution in [3.05, 3.63) is 72.3 Å². The highest BCUT2D eigenvalue weighted by Crippen LogP contribution is 2.35. The van der Waals surface area contributed by atoms with E-state index < -0.39 is 7.60 Å². The van der Waals surface area contributed by atoms with Crippen LogP contribution in [0, 0.1) is 0 Å². The van der Waals surface area contributed by atoms with Crippen LogP contribution in [0.25, 0.3) is 27.5 Å². The number of hydrogen-bond acceptors (Lipinski definition) is 1. The molecule has 126 valence electrons. The predicted molar refractivity (Wildman–Crippen MR) is 102 cm³/mol. The van der Waals surface area contributed by atoms with Crippen molar-refractivity contribution in [2.75, 3.05) is 0 Å². The summed E-state index contributed by atoms with van der Waals surface area (Å²) in [5.74, 6) is 0. The Labute approximate surface area is 145 Å². The highest BCUT2D eigenvalue weighted by Gasteiger charge is 2.17. The van der Waals surface area contributed by atoms with Crippen molar-refractivity contribution in [2.24, 2.45) is 0 Å². The van der Waals surface area contributed by atoms with E-state index >= 15 is 0 Å². The summed E-state index contributed by atoms with van der Waals surface area (Å²) >= 11 is 0. The summed E-state index contributed by atoms with van der Waals surface area (Å²) in [5, 5.41) is 2.37. The Morgan fingerprint density at radius 3 is 2.24 bits per heavy atom. The highest BCUT2D eigenvalue weighted by molar-refractivity contribution is 7.60. The number of aromatic nitrogens is 1. The molecule has 3 aromatic carbocycles. The predicted octanol–water partition coefficient (Wildman–Crippen LogP) is 4.15. The van der Waals surface area contributed by atoms with Gasteiger partial charge in [-0.3, -0.25) is 4.57 Å². The first-order chi connectivity index (χ1) is 12.0. The Morgan fingerprint density at radius 1 is 0.880 bits per heavy atom. The third kappa shape index (κ3) is 2.69. The lowest BCUT2D eigenvalue weighted by molar-refractivity contribution is 0.387. The topological polar surface area (TPSA) is 62.5 Å². The smallest absolute Gasteiger partial charge is 0.321 e. The van der Waals surface area contributed by atoms with Crippen LogP contribution in [0.5, 0.6) is 0 Å². The number of nitrogens with zero attached hydrogens (tertiary/aromatic N) is 1. The zero-order valence-electron chi connectivity index (χ0n) is 13.8. The van der Waals surface area contributed by atoms with Crippen LogP contribution in [0.2, 0.25) is 0 Å². The summed E-state index contributed by atoms with van der Waals surface area (Å²) in [4.78, 5) is 18.7. The number of para-hydroxylation sites is 1. The van der Waals surface area contributed by atoms with E-state index in [1.54, 1.807) is 12.1 Å². The highest BCUT2D eigenvalue weighted by atomic mass is 31.2. The lowest BCUT2D eigenvalue weighted by Crippen LogP contribution is -2.04. The van der Waals surface area contributed by atoms with Gasteiger partial charge in [-0.25, -0.2) is 0 Å². The summed E-state index contributed by atoms with van der Waals surface area (Å²) in [7, 11) is -4.23. The van der Waals surface area contributed by atoms with Crippen LogP contribution < -0.4 is 5.30 Å².